The number of carboxylic acids is 1. The van der Waals surface area contributed by atoms with Gasteiger partial charge in [-0.05, 0) is 30.2 Å². The molecule has 0 aliphatic heterocycles. The van der Waals surface area contributed by atoms with Gasteiger partial charge < -0.3 is 20.3 Å². The Morgan fingerprint density at radius 2 is 2.00 bits per heavy atom. The molecule has 0 saturated carbocycles. The minimum absolute atomic E-state index is 0.288. The average molecular weight is 358 g/mol. The van der Waals surface area contributed by atoms with Gasteiger partial charge in [0.15, 0.2) is 5.60 Å². The first-order valence-corrected chi connectivity index (χ1v) is 8.15. The lowest BCUT2D eigenvalue weighted by molar-refractivity contribution is -0.155. The monoisotopic (exact) mass is 358 g/mol. The highest BCUT2D eigenvalue weighted by Gasteiger charge is 2.30. The number of carbonyl (C=O) groups is 3. The van der Waals surface area contributed by atoms with E-state index in [2.05, 4.69) is 10.6 Å². The average Bonchev–Trinajstić information content (AvgIpc) is 2.86. The van der Waals surface area contributed by atoms with Crippen molar-refractivity contribution in [2.24, 2.45) is 5.92 Å². The zero-order valence-electron chi connectivity index (χ0n) is 14.0. The lowest BCUT2D eigenvalue weighted by Gasteiger charge is -2.18. The van der Waals surface area contributed by atoms with E-state index in [-0.39, 0.29) is 5.56 Å². The summed E-state index contributed by atoms with van der Waals surface area (Å²) in [6.45, 7) is 4.60. The van der Waals surface area contributed by atoms with E-state index in [1.165, 1.54) is 18.4 Å². The van der Waals surface area contributed by atoms with Crippen LogP contribution in [-0.4, -0.2) is 47.4 Å². The lowest BCUT2D eigenvalue weighted by Crippen LogP contribution is -2.47. The summed E-state index contributed by atoms with van der Waals surface area (Å²) >= 11 is 1.18. The fraction of sp³-hybridized carbons (Fsp3) is 0.533. The number of esters is 1. The second kappa shape index (κ2) is 8.11. The Hall–Kier alpha value is -2.13. The molecule has 1 rings (SSSR count). The van der Waals surface area contributed by atoms with Gasteiger partial charge in [-0.1, -0.05) is 13.8 Å². The minimum Gasteiger partial charge on any atom is -0.479 e. The van der Waals surface area contributed by atoms with Crippen molar-refractivity contribution in [3.63, 3.8) is 0 Å². The van der Waals surface area contributed by atoms with Gasteiger partial charge >= 0.3 is 18.0 Å². The highest BCUT2D eigenvalue weighted by molar-refractivity contribution is 7.15. The first kappa shape index (κ1) is 19.9. The van der Waals surface area contributed by atoms with Gasteiger partial charge in [-0.3, -0.25) is 5.32 Å². The number of carbonyl (C=O) groups excluding carboxylic acids is 2. The Labute approximate surface area is 143 Å². The van der Waals surface area contributed by atoms with Crippen molar-refractivity contribution in [2.75, 3.05) is 19.0 Å². The number of amides is 2. The van der Waals surface area contributed by atoms with E-state index in [9.17, 15) is 19.5 Å². The fourth-order valence-electron chi connectivity index (χ4n) is 1.88. The van der Waals surface area contributed by atoms with Gasteiger partial charge in [0.05, 0.1) is 19.2 Å². The number of hydrogen-bond acceptors (Lipinski definition) is 6. The molecule has 24 heavy (non-hydrogen) atoms. The summed E-state index contributed by atoms with van der Waals surface area (Å²) in [5.41, 5.74) is -1.02. The van der Waals surface area contributed by atoms with Crippen LogP contribution in [0.25, 0.3) is 0 Å². The summed E-state index contributed by atoms with van der Waals surface area (Å²) in [6.07, 6.45) is 0.651. The van der Waals surface area contributed by atoms with Crippen molar-refractivity contribution in [3.8, 4) is 0 Å². The number of aliphatic carboxylic acids is 1. The van der Waals surface area contributed by atoms with Crippen LogP contribution in [0.4, 0.5) is 9.80 Å². The molecule has 1 heterocycles. The molecular weight excluding hydrogens is 336 g/mol. The van der Waals surface area contributed by atoms with E-state index in [1.54, 1.807) is 5.38 Å². The molecule has 4 N–H and O–H groups in total. The molecule has 0 spiro atoms. The van der Waals surface area contributed by atoms with Crippen LogP contribution in [0.15, 0.2) is 5.38 Å². The molecule has 0 aliphatic carbocycles. The number of rotatable bonds is 7. The van der Waals surface area contributed by atoms with Gasteiger partial charge in [-0.2, -0.15) is 0 Å². The van der Waals surface area contributed by atoms with Crippen molar-refractivity contribution in [2.45, 2.75) is 32.8 Å². The van der Waals surface area contributed by atoms with Crippen molar-refractivity contribution < 1.29 is 29.3 Å². The highest BCUT2D eigenvalue weighted by atomic mass is 32.1. The number of anilines is 1. The standard InChI is InChI=1S/C15H22N2O6S/c1-8(2)5-9-6-24-11(10(9)12(18)23-4)17-14(21)16-7-15(3,22)13(19)20/h6,8,22H,5,7H2,1-4H3,(H,19,20)(H2,16,17,21). The number of methoxy groups -OCH3 is 1. The van der Waals surface area contributed by atoms with Gasteiger partial charge in [-0.25, -0.2) is 14.4 Å². The van der Waals surface area contributed by atoms with Crippen molar-refractivity contribution >= 4 is 34.3 Å². The third kappa shape index (κ3) is 5.20. The van der Waals surface area contributed by atoms with E-state index in [4.69, 9.17) is 9.84 Å². The number of thiophene rings is 1. The smallest absolute Gasteiger partial charge is 0.341 e. The number of nitrogens with one attached hydrogen (secondary N) is 2. The molecule has 9 heteroatoms. The van der Waals surface area contributed by atoms with Gasteiger partial charge in [0.25, 0.3) is 0 Å². The Balaban J connectivity index is 2.87. The molecule has 134 valence electrons. The maximum absolute atomic E-state index is 12.0. The van der Waals surface area contributed by atoms with Crippen LogP contribution < -0.4 is 10.6 Å². The summed E-state index contributed by atoms with van der Waals surface area (Å²) in [7, 11) is 1.26. The molecule has 0 radical (unpaired) electrons. The van der Waals surface area contributed by atoms with Gasteiger partial charge in [-0.15, -0.1) is 11.3 Å². The van der Waals surface area contributed by atoms with Crippen molar-refractivity contribution in [1.82, 2.24) is 5.32 Å². The Morgan fingerprint density at radius 1 is 1.38 bits per heavy atom. The molecule has 1 aromatic heterocycles. The second-order valence-corrected chi connectivity index (χ2v) is 6.82. The first-order valence-electron chi connectivity index (χ1n) is 7.27. The van der Waals surface area contributed by atoms with Crippen LogP contribution in [0.5, 0.6) is 0 Å². The summed E-state index contributed by atoms with van der Waals surface area (Å²) in [5.74, 6) is -1.69. The Kier molecular flexibility index (Phi) is 6.73. The number of aliphatic hydroxyl groups is 1. The zero-order chi connectivity index (χ0) is 18.5. The van der Waals surface area contributed by atoms with Crippen LogP contribution in [0, 0.1) is 5.92 Å². The lowest BCUT2D eigenvalue weighted by atomic mass is 10.0. The molecule has 1 unspecified atom stereocenters. The van der Waals surface area contributed by atoms with E-state index in [0.717, 1.165) is 12.5 Å². The van der Waals surface area contributed by atoms with Gasteiger partial charge in [0.1, 0.15) is 5.00 Å². The Bertz CT molecular complexity index is 623. The maximum atomic E-state index is 12.0. The van der Waals surface area contributed by atoms with E-state index >= 15 is 0 Å². The molecule has 0 saturated heterocycles. The molecular formula is C15H22N2O6S. The van der Waals surface area contributed by atoms with Crippen LogP contribution in [-0.2, 0) is 16.0 Å². The second-order valence-electron chi connectivity index (χ2n) is 5.94. The molecule has 2 amide bonds. The third-order valence-electron chi connectivity index (χ3n) is 3.17. The highest BCUT2D eigenvalue weighted by Crippen LogP contribution is 2.30. The molecule has 8 nitrogen and oxygen atoms in total. The number of ether oxygens (including phenoxy) is 1. The van der Waals surface area contributed by atoms with Gasteiger partial charge in [0.2, 0.25) is 0 Å². The first-order chi connectivity index (χ1) is 11.1. The largest absolute Gasteiger partial charge is 0.479 e. The van der Waals surface area contributed by atoms with E-state index in [0.29, 0.717) is 17.3 Å². The summed E-state index contributed by atoms with van der Waals surface area (Å²) in [5, 5.41) is 25.2. The fourth-order valence-corrected chi connectivity index (χ4v) is 2.83. The number of urea groups is 1. The van der Waals surface area contributed by atoms with Crippen LogP contribution in [0.2, 0.25) is 0 Å². The topological polar surface area (TPSA) is 125 Å². The maximum Gasteiger partial charge on any atom is 0.341 e. The molecule has 0 aromatic carbocycles. The van der Waals surface area contributed by atoms with Crippen LogP contribution >= 0.6 is 11.3 Å². The summed E-state index contributed by atoms with van der Waals surface area (Å²) in [6, 6.07) is -0.723. The summed E-state index contributed by atoms with van der Waals surface area (Å²) in [4.78, 5) is 34.7. The van der Waals surface area contributed by atoms with E-state index in [1.807, 2.05) is 13.8 Å². The molecule has 0 aliphatic rings. The third-order valence-corrected chi connectivity index (χ3v) is 4.11. The molecule has 1 aromatic rings. The number of carboxylic acid groups (broad SMARTS) is 1. The number of hydrogen-bond donors (Lipinski definition) is 4. The Morgan fingerprint density at radius 3 is 2.50 bits per heavy atom. The van der Waals surface area contributed by atoms with E-state index < -0.39 is 30.1 Å². The molecule has 0 fully saturated rings. The summed E-state index contributed by atoms with van der Waals surface area (Å²) < 4.78 is 4.76. The predicted molar refractivity (Wildman–Crippen MR) is 89.5 cm³/mol. The zero-order valence-corrected chi connectivity index (χ0v) is 14.8. The molecule has 0 bridgehead atoms. The van der Waals surface area contributed by atoms with Crippen LogP contribution in [0.1, 0.15) is 36.7 Å². The normalized spacial score (nSPS) is 13.2. The van der Waals surface area contributed by atoms with Gasteiger partial charge in [0, 0.05) is 0 Å². The quantitative estimate of drug-likeness (QED) is 0.550. The minimum atomic E-state index is -2.08. The van der Waals surface area contributed by atoms with Crippen molar-refractivity contribution in [1.29, 1.82) is 0 Å². The SMILES string of the molecule is COC(=O)c1c(CC(C)C)csc1NC(=O)NCC(C)(O)C(=O)O. The predicted octanol–water partition coefficient (Wildman–Crippen LogP) is 1.69. The van der Waals surface area contributed by atoms with Crippen LogP contribution in [0.3, 0.4) is 0 Å². The molecule has 1 atom stereocenters. The van der Waals surface area contributed by atoms with Crippen molar-refractivity contribution in [3.05, 3.63) is 16.5 Å².